The molecule has 1 N–H and O–H groups in total. The normalized spacial score (nSPS) is 16.5. The van der Waals surface area contributed by atoms with Crippen molar-refractivity contribution >= 4 is 27.6 Å². The number of carbonyl (C=O) groups is 1. The van der Waals surface area contributed by atoms with Crippen molar-refractivity contribution in [2.75, 3.05) is 38.0 Å². The van der Waals surface area contributed by atoms with E-state index in [1.165, 1.54) is 0 Å². The quantitative estimate of drug-likeness (QED) is 0.907. The molecule has 0 saturated carbocycles. The van der Waals surface area contributed by atoms with Gasteiger partial charge in [-0.25, -0.2) is 4.79 Å². The number of hydrogen-bond donors (Lipinski definition) is 1. The highest BCUT2D eigenvalue weighted by Crippen LogP contribution is 2.20. The highest BCUT2D eigenvalue weighted by Gasteiger charge is 2.20. The van der Waals surface area contributed by atoms with Crippen LogP contribution in [0.5, 0.6) is 0 Å². The number of aryl methyl sites for hydroxylation is 1. The molecule has 1 aliphatic rings. The number of anilines is 1. The second-order valence-electron chi connectivity index (χ2n) is 4.82. The average Bonchev–Trinajstić information content (AvgIpc) is 2.43. The second kappa shape index (κ2) is 6.39. The number of urea groups is 1. The minimum atomic E-state index is -0.00234. The first-order valence-electron chi connectivity index (χ1n) is 6.64. The molecule has 2 rings (SSSR count). The maximum absolute atomic E-state index is 12.1. The molecule has 4 nitrogen and oxygen atoms in total. The van der Waals surface area contributed by atoms with E-state index in [1.54, 1.807) is 0 Å². The van der Waals surface area contributed by atoms with Crippen LogP contribution in [-0.2, 0) is 0 Å². The third kappa shape index (κ3) is 3.70. The van der Waals surface area contributed by atoms with Crippen LogP contribution in [0.1, 0.15) is 12.5 Å². The fourth-order valence-electron chi connectivity index (χ4n) is 2.19. The molecule has 0 bridgehead atoms. The van der Waals surface area contributed by atoms with E-state index in [0.717, 1.165) is 48.4 Å². The highest BCUT2D eigenvalue weighted by atomic mass is 79.9. The summed E-state index contributed by atoms with van der Waals surface area (Å²) in [4.78, 5) is 16.4. The monoisotopic (exact) mass is 325 g/mol. The zero-order chi connectivity index (χ0) is 13.8. The van der Waals surface area contributed by atoms with Gasteiger partial charge in [0.05, 0.1) is 0 Å². The van der Waals surface area contributed by atoms with Crippen LogP contribution >= 0.6 is 15.9 Å². The van der Waals surface area contributed by atoms with E-state index < -0.39 is 0 Å². The SMILES string of the molecule is CCN1CCN(C(=O)Nc2ccc(Br)c(C)c2)CC1. The molecule has 1 saturated heterocycles. The van der Waals surface area contributed by atoms with Crippen LogP contribution in [0.25, 0.3) is 0 Å². The second-order valence-corrected chi connectivity index (χ2v) is 5.67. The number of amides is 2. The van der Waals surface area contributed by atoms with Crippen molar-refractivity contribution in [2.45, 2.75) is 13.8 Å². The summed E-state index contributed by atoms with van der Waals surface area (Å²) in [6, 6.07) is 5.85. The van der Waals surface area contributed by atoms with Crippen molar-refractivity contribution in [1.29, 1.82) is 0 Å². The van der Waals surface area contributed by atoms with Crippen LogP contribution in [-0.4, -0.2) is 48.6 Å². The van der Waals surface area contributed by atoms with E-state index in [9.17, 15) is 4.79 Å². The summed E-state index contributed by atoms with van der Waals surface area (Å²) in [6.07, 6.45) is 0. The third-order valence-electron chi connectivity index (χ3n) is 3.52. The lowest BCUT2D eigenvalue weighted by Gasteiger charge is -2.34. The molecular weight excluding hydrogens is 306 g/mol. The van der Waals surface area contributed by atoms with E-state index in [0.29, 0.717) is 0 Å². The molecule has 1 aromatic carbocycles. The van der Waals surface area contributed by atoms with Crippen molar-refractivity contribution in [3.63, 3.8) is 0 Å². The van der Waals surface area contributed by atoms with Crippen LogP contribution in [0.2, 0.25) is 0 Å². The summed E-state index contributed by atoms with van der Waals surface area (Å²) in [7, 11) is 0. The van der Waals surface area contributed by atoms with Gasteiger partial charge in [0.1, 0.15) is 0 Å². The summed E-state index contributed by atoms with van der Waals surface area (Å²) in [5.41, 5.74) is 1.97. The number of nitrogens with zero attached hydrogens (tertiary/aromatic N) is 2. The Bertz CT molecular complexity index is 456. The number of piperazine rings is 1. The number of nitrogens with one attached hydrogen (secondary N) is 1. The lowest BCUT2D eigenvalue weighted by molar-refractivity contribution is 0.151. The Morgan fingerprint density at radius 1 is 1.32 bits per heavy atom. The molecule has 0 aromatic heterocycles. The molecule has 0 atom stereocenters. The topological polar surface area (TPSA) is 35.6 Å². The fraction of sp³-hybridized carbons (Fsp3) is 0.500. The van der Waals surface area contributed by atoms with Gasteiger partial charge < -0.3 is 15.1 Å². The fourth-order valence-corrected chi connectivity index (χ4v) is 2.44. The third-order valence-corrected chi connectivity index (χ3v) is 4.41. The molecule has 0 unspecified atom stereocenters. The molecule has 1 aliphatic heterocycles. The molecule has 0 spiro atoms. The Labute approximate surface area is 122 Å². The Morgan fingerprint density at radius 2 is 2.00 bits per heavy atom. The molecule has 1 heterocycles. The van der Waals surface area contributed by atoms with E-state index in [-0.39, 0.29) is 6.03 Å². The summed E-state index contributed by atoms with van der Waals surface area (Å²) >= 11 is 3.46. The smallest absolute Gasteiger partial charge is 0.321 e. The lowest BCUT2D eigenvalue weighted by atomic mass is 10.2. The van der Waals surface area contributed by atoms with Gasteiger partial charge in [0.2, 0.25) is 0 Å². The van der Waals surface area contributed by atoms with Gasteiger partial charge in [-0.15, -0.1) is 0 Å². The van der Waals surface area contributed by atoms with Crippen LogP contribution in [0, 0.1) is 6.92 Å². The Kier molecular flexibility index (Phi) is 4.82. The van der Waals surface area contributed by atoms with Crippen molar-refractivity contribution in [3.8, 4) is 0 Å². The first kappa shape index (κ1) is 14.3. The van der Waals surface area contributed by atoms with Gasteiger partial charge in [-0.2, -0.15) is 0 Å². The maximum atomic E-state index is 12.1. The number of carbonyl (C=O) groups excluding carboxylic acids is 1. The number of rotatable bonds is 2. The van der Waals surface area contributed by atoms with E-state index in [2.05, 4.69) is 33.1 Å². The molecule has 2 amide bonds. The Balaban J connectivity index is 1.92. The zero-order valence-electron chi connectivity index (χ0n) is 11.4. The molecular formula is C14H20BrN3O. The number of benzene rings is 1. The first-order chi connectivity index (χ1) is 9.10. The summed E-state index contributed by atoms with van der Waals surface area (Å²) in [5.74, 6) is 0. The molecule has 1 aromatic rings. The van der Waals surface area contributed by atoms with Crippen LogP contribution in [0.15, 0.2) is 22.7 Å². The molecule has 5 heteroatoms. The van der Waals surface area contributed by atoms with E-state index in [1.807, 2.05) is 30.0 Å². The predicted molar refractivity (Wildman–Crippen MR) is 81.6 cm³/mol. The predicted octanol–water partition coefficient (Wildman–Crippen LogP) is 2.93. The van der Waals surface area contributed by atoms with Gasteiger partial charge in [0.15, 0.2) is 0 Å². The van der Waals surface area contributed by atoms with Gasteiger partial charge in [-0.05, 0) is 37.2 Å². The van der Waals surface area contributed by atoms with E-state index >= 15 is 0 Å². The molecule has 104 valence electrons. The van der Waals surface area contributed by atoms with Crippen LogP contribution < -0.4 is 5.32 Å². The Morgan fingerprint density at radius 3 is 2.58 bits per heavy atom. The molecule has 0 aliphatic carbocycles. The minimum Gasteiger partial charge on any atom is -0.322 e. The van der Waals surface area contributed by atoms with E-state index in [4.69, 9.17) is 0 Å². The lowest BCUT2D eigenvalue weighted by Crippen LogP contribution is -2.49. The van der Waals surface area contributed by atoms with Crippen molar-refractivity contribution in [2.24, 2.45) is 0 Å². The molecule has 1 fully saturated rings. The zero-order valence-corrected chi connectivity index (χ0v) is 13.0. The average molecular weight is 326 g/mol. The standard InChI is InChI=1S/C14H20BrN3O/c1-3-17-6-8-18(9-7-17)14(19)16-12-4-5-13(15)11(2)10-12/h4-5,10H,3,6-9H2,1-2H3,(H,16,19). The highest BCUT2D eigenvalue weighted by molar-refractivity contribution is 9.10. The largest absolute Gasteiger partial charge is 0.322 e. The number of hydrogen-bond acceptors (Lipinski definition) is 2. The maximum Gasteiger partial charge on any atom is 0.321 e. The van der Waals surface area contributed by atoms with Crippen LogP contribution in [0.3, 0.4) is 0 Å². The van der Waals surface area contributed by atoms with Gasteiger partial charge >= 0.3 is 6.03 Å². The van der Waals surface area contributed by atoms with Gasteiger partial charge in [-0.1, -0.05) is 22.9 Å². The Hall–Kier alpha value is -1.07. The molecule has 19 heavy (non-hydrogen) atoms. The van der Waals surface area contributed by atoms with Crippen molar-refractivity contribution in [3.05, 3.63) is 28.2 Å². The minimum absolute atomic E-state index is 0.00234. The van der Waals surface area contributed by atoms with Crippen LogP contribution in [0.4, 0.5) is 10.5 Å². The summed E-state index contributed by atoms with van der Waals surface area (Å²) < 4.78 is 1.06. The summed E-state index contributed by atoms with van der Waals surface area (Å²) in [5, 5.41) is 2.96. The first-order valence-corrected chi connectivity index (χ1v) is 7.44. The van der Waals surface area contributed by atoms with Crippen molar-refractivity contribution in [1.82, 2.24) is 9.80 Å². The summed E-state index contributed by atoms with van der Waals surface area (Å²) in [6.45, 7) is 8.75. The van der Waals surface area contributed by atoms with Gasteiger partial charge in [0.25, 0.3) is 0 Å². The van der Waals surface area contributed by atoms with Gasteiger partial charge in [-0.3, -0.25) is 0 Å². The number of halogens is 1. The molecule has 0 radical (unpaired) electrons. The van der Waals surface area contributed by atoms with Crippen molar-refractivity contribution < 1.29 is 4.79 Å². The number of likely N-dealkylation sites (N-methyl/N-ethyl adjacent to an activating group) is 1. The van der Waals surface area contributed by atoms with Gasteiger partial charge in [0, 0.05) is 36.3 Å².